The van der Waals surface area contributed by atoms with Crippen LogP contribution in [0.15, 0.2) is 0 Å². The van der Waals surface area contributed by atoms with Crippen LogP contribution in [0.3, 0.4) is 0 Å². The van der Waals surface area contributed by atoms with Gasteiger partial charge in [-0.05, 0) is 63.1 Å². The van der Waals surface area contributed by atoms with E-state index in [1.54, 1.807) is 0 Å². The van der Waals surface area contributed by atoms with E-state index in [-0.39, 0.29) is 0 Å². The van der Waals surface area contributed by atoms with Crippen molar-refractivity contribution in [2.24, 2.45) is 11.3 Å². The van der Waals surface area contributed by atoms with Crippen molar-refractivity contribution in [3.05, 3.63) is 0 Å². The van der Waals surface area contributed by atoms with Crippen molar-refractivity contribution in [3.63, 3.8) is 0 Å². The molecule has 0 aromatic heterocycles. The average Bonchev–Trinajstić information content (AvgIpc) is 2.42. The van der Waals surface area contributed by atoms with Gasteiger partial charge in [0, 0.05) is 6.54 Å². The van der Waals surface area contributed by atoms with E-state index < -0.39 is 0 Å². The number of hydrogen-bond donors (Lipinski definition) is 0. The molecule has 1 aliphatic heterocycles. The number of likely N-dealkylation sites (tertiary alicyclic amines) is 1. The Kier molecular flexibility index (Phi) is 8.26. The number of rotatable bonds is 8. The van der Waals surface area contributed by atoms with Crippen LogP contribution in [-0.4, -0.2) is 42.1 Å². The lowest BCUT2D eigenvalue weighted by atomic mass is 9.92. The molecule has 1 heterocycles. The van der Waals surface area contributed by atoms with Crippen molar-refractivity contribution < 1.29 is 0 Å². The van der Waals surface area contributed by atoms with E-state index in [4.69, 9.17) is 0 Å². The van der Waals surface area contributed by atoms with E-state index in [1.165, 1.54) is 64.7 Å². The van der Waals surface area contributed by atoms with Gasteiger partial charge in [0.15, 0.2) is 0 Å². The maximum absolute atomic E-state index is 2.79. The molecule has 2 heteroatoms. The van der Waals surface area contributed by atoms with Crippen LogP contribution < -0.4 is 0 Å². The summed E-state index contributed by atoms with van der Waals surface area (Å²) in [5.74, 6) is 0.806. The van der Waals surface area contributed by atoms with Gasteiger partial charge in [0.1, 0.15) is 0 Å². The van der Waals surface area contributed by atoms with Gasteiger partial charge in [0.05, 0.1) is 6.17 Å². The fourth-order valence-electron chi connectivity index (χ4n) is 3.28. The molecule has 0 radical (unpaired) electrons. The summed E-state index contributed by atoms with van der Waals surface area (Å²) in [7, 11) is 0. The van der Waals surface area contributed by atoms with Crippen LogP contribution in [0.1, 0.15) is 80.1 Å². The fourth-order valence-corrected chi connectivity index (χ4v) is 3.28. The summed E-state index contributed by atoms with van der Waals surface area (Å²) in [6.45, 7) is 19.3. The molecule has 0 bridgehead atoms. The predicted molar refractivity (Wildman–Crippen MR) is 94.6 cm³/mol. The molecule has 0 aromatic carbocycles. The Morgan fingerprint density at radius 2 is 1.62 bits per heavy atom. The van der Waals surface area contributed by atoms with Gasteiger partial charge in [0.2, 0.25) is 0 Å². The average molecular weight is 297 g/mol. The lowest BCUT2D eigenvalue weighted by molar-refractivity contribution is 0.0174. The Labute approximate surface area is 134 Å². The second-order valence-electron chi connectivity index (χ2n) is 8.51. The van der Waals surface area contributed by atoms with Crippen LogP contribution in [0, 0.1) is 11.3 Å². The lowest BCUT2D eigenvalue weighted by Crippen LogP contribution is -2.51. The normalized spacial score (nSPS) is 19.4. The van der Waals surface area contributed by atoms with Crippen LogP contribution in [0.4, 0.5) is 0 Å². The Morgan fingerprint density at radius 3 is 2.10 bits per heavy atom. The molecule has 2 nitrogen and oxygen atoms in total. The predicted octanol–water partition coefficient (Wildman–Crippen LogP) is 4.99. The van der Waals surface area contributed by atoms with Gasteiger partial charge in [-0.15, -0.1) is 0 Å². The number of piperidine rings is 1. The first-order valence-corrected chi connectivity index (χ1v) is 9.31. The van der Waals surface area contributed by atoms with E-state index in [0.717, 1.165) is 5.92 Å². The zero-order chi connectivity index (χ0) is 15.9. The highest BCUT2D eigenvalue weighted by atomic mass is 15.3. The van der Waals surface area contributed by atoms with Crippen LogP contribution in [-0.2, 0) is 0 Å². The Hall–Kier alpha value is -0.0800. The van der Waals surface area contributed by atoms with Crippen LogP contribution >= 0.6 is 0 Å². The second-order valence-corrected chi connectivity index (χ2v) is 8.51. The summed E-state index contributed by atoms with van der Waals surface area (Å²) in [6, 6.07) is 0. The van der Waals surface area contributed by atoms with Crippen molar-refractivity contribution in [3.8, 4) is 0 Å². The molecule has 0 aromatic rings. The molecule has 21 heavy (non-hydrogen) atoms. The quantitative estimate of drug-likeness (QED) is 0.622. The van der Waals surface area contributed by atoms with Crippen LogP contribution in [0.2, 0.25) is 0 Å². The summed E-state index contributed by atoms with van der Waals surface area (Å²) >= 11 is 0. The molecule has 1 atom stereocenters. The summed E-state index contributed by atoms with van der Waals surface area (Å²) in [5, 5.41) is 0. The molecule has 126 valence electrons. The molecular formula is C19H40N2. The number of nitrogens with zero attached hydrogens (tertiary/aromatic N) is 2. The molecule has 1 rings (SSSR count). The zero-order valence-electron chi connectivity index (χ0n) is 15.6. The molecule has 0 spiro atoms. The first-order valence-electron chi connectivity index (χ1n) is 9.31. The third-order valence-electron chi connectivity index (χ3n) is 4.74. The van der Waals surface area contributed by atoms with E-state index in [1.807, 2.05) is 0 Å². The van der Waals surface area contributed by atoms with E-state index in [2.05, 4.69) is 51.3 Å². The van der Waals surface area contributed by atoms with Crippen molar-refractivity contribution in [1.29, 1.82) is 0 Å². The molecule has 0 saturated carbocycles. The second kappa shape index (κ2) is 9.15. The topological polar surface area (TPSA) is 6.48 Å². The third-order valence-corrected chi connectivity index (χ3v) is 4.74. The van der Waals surface area contributed by atoms with Crippen molar-refractivity contribution in [1.82, 2.24) is 9.80 Å². The first kappa shape index (κ1) is 19.0. The SMILES string of the molecule is CCC(N1CCCCC1)N(CCC(C)C)CCC(C)(C)C. The van der Waals surface area contributed by atoms with Gasteiger partial charge < -0.3 is 0 Å². The minimum atomic E-state index is 0.441. The smallest absolute Gasteiger partial charge is 0.0619 e. The van der Waals surface area contributed by atoms with Gasteiger partial charge in [-0.3, -0.25) is 9.80 Å². The van der Waals surface area contributed by atoms with Gasteiger partial charge in [0.25, 0.3) is 0 Å². The molecule has 1 aliphatic rings. The van der Waals surface area contributed by atoms with Gasteiger partial charge in [-0.1, -0.05) is 48.0 Å². The molecule has 0 N–H and O–H groups in total. The highest BCUT2D eigenvalue weighted by Crippen LogP contribution is 2.23. The summed E-state index contributed by atoms with van der Waals surface area (Å²) in [5.41, 5.74) is 0.441. The lowest BCUT2D eigenvalue weighted by Gasteiger charge is -2.42. The largest absolute Gasteiger partial charge is 0.288 e. The van der Waals surface area contributed by atoms with Crippen molar-refractivity contribution in [2.45, 2.75) is 86.2 Å². The van der Waals surface area contributed by atoms with E-state index in [9.17, 15) is 0 Å². The Bertz CT molecular complexity index is 261. The van der Waals surface area contributed by atoms with Gasteiger partial charge in [-0.2, -0.15) is 0 Å². The Morgan fingerprint density at radius 1 is 1.00 bits per heavy atom. The molecule has 0 aliphatic carbocycles. The molecule has 1 fully saturated rings. The van der Waals surface area contributed by atoms with Crippen LogP contribution in [0.25, 0.3) is 0 Å². The van der Waals surface area contributed by atoms with Crippen LogP contribution in [0.5, 0.6) is 0 Å². The number of hydrogen-bond acceptors (Lipinski definition) is 2. The van der Waals surface area contributed by atoms with E-state index >= 15 is 0 Å². The molecule has 1 saturated heterocycles. The standard InChI is InChI=1S/C19H40N2/c1-7-18(20-13-9-8-10-14-20)21(15-11-17(2)3)16-12-19(4,5)6/h17-18H,7-16H2,1-6H3. The third kappa shape index (κ3) is 7.65. The molecular weight excluding hydrogens is 256 g/mol. The van der Waals surface area contributed by atoms with Gasteiger partial charge >= 0.3 is 0 Å². The maximum Gasteiger partial charge on any atom is 0.0619 e. The fraction of sp³-hybridized carbons (Fsp3) is 1.00. The minimum Gasteiger partial charge on any atom is -0.288 e. The summed E-state index contributed by atoms with van der Waals surface area (Å²) in [4.78, 5) is 5.54. The van der Waals surface area contributed by atoms with Gasteiger partial charge in [-0.25, -0.2) is 0 Å². The summed E-state index contributed by atoms with van der Waals surface area (Å²) < 4.78 is 0. The van der Waals surface area contributed by atoms with Crippen molar-refractivity contribution in [2.75, 3.05) is 26.2 Å². The Balaban J connectivity index is 2.65. The zero-order valence-corrected chi connectivity index (χ0v) is 15.6. The molecule has 0 amide bonds. The van der Waals surface area contributed by atoms with Crippen molar-refractivity contribution >= 4 is 0 Å². The highest BCUT2D eigenvalue weighted by Gasteiger charge is 2.26. The molecule has 1 unspecified atom stereocenters. The summed E-state index contributed by atoms with van der Waals surface area (Å²) in [6.07, 6.45) is 8.79. The maximum atomic E-state index is 2.79. The first-order chi connectivity index (χ1) is 9.83. The minimum absolute atomic E-state index is 0.441. The monoisotopic (exact) mass is 296 g/mol. The highest BCUT2D eigenvalue weighted by molar-refractivity contribution is 4.77. The van der Waals surface area contributed by atoms with E-state index in [0.29, 0.717) is 11.6 Å².